The quantitative estimate of drug-likeness (QED) is 0.505. The second kappa shape index (κ2) is 11.6. The first-order chi connectivity index (χ1) is 19.1. The maximum Gasteiger partial charge on any atom is 0.417 e. The molecule has 0 radical (unpaired) electrons. The number of aromatic nitrogens is 1. The van der Waals surface area contributed by atoms with E-state index in [0.717, 1.165) is 0 Å². The van der Waals surface area contributed by atoms with Crippen LogP contribution in [-0.2, 0) is 10.9 Å². The van der Waals surface area contributed by atoms with Gasteiger partial charge in [-0.25, -0.2) is 9.18 Å². The van der Waals surface area contributed by atoms with Crippen LogP contribution >= 0.6 is 0 Å². The van der Waals surface area contributed by atoms with Crippen molar-refractivity contribution < 1.29 is 31.9 Å². The number of amides is 2. The van der Waals surface area contributed by atoms with Crippen molar-refractivity contribution >= 4 is 28.9 Å². The third-order valence-corrected chi connectivity index (χ3v) is 7.37. The average Bonchev–Trinajstić information content (AvgIpc) is 3.37. The van der Waals surface area contributed by atoms with Crippen LogP contribution in [0, 0.1) is 5.82 Å². The molecule has 2 amide bonds. The van der Waals surface area contributed by atoms with E-state index >= 15 is 4.39 Å². The Kier molecular flexibility index (Phi) is 8.48. The fourth-order valence-electron chi connectivity index (χ4n) is 5.02. The number of hydrogen-bond acceptors (Lipinski definition) is 6. The first-order valence-corrected chi connectivity index (χ1v) is 13.2. The topological polar surface area (TPSA) is 98.0 Å². The molecule has 9 nitrogen and oxygen atoms in total. The van der Waals surface area contributed by atoms with Gasteiger partial charge in [0, 0.05) is 56.1 Å². The van der Waals surface area contributed by atoms with Gasteiger partial charge in [0.2, 0.25) is 5.56 Å². The highest BCUT2D eigenvalue weighted by molar-refractivity contribution is 6.07. The van der Waals surface area contributed by atoms with Gasteiger partial charge in [0.05, 0.1) is 28.6 Å². The Balaban J connectivity index is 1.74. The van der Waals surface area contributed by atoms with Crippen molar-refractivity contribution in [2.24, 2.45) is 0 Å². The number of aromatic amines is 1. The SMILES string of the molecule is CC(C)OC(=O)N1CC=C(c2cc(NC(=O)c3c[nH]c(=O)cc3C(F)(F)F)c(N3C[C@@H](C)N(C)[C@@H](C)C3)cc2F)C1. The van der Waals surface area contributed by atoms with E-state index < -0.39 is 40.7 Å². The number of nitrogens with one attached hydrogen (secondary N) is 2. The standard InChI is InChI=1S/C28H33F4N5O4/c1-15(2)41-27(40)36-7-6-18(14-36)19-8-23(24(10-22(19)29)37-12-16(3)35(5)17(4)13-37)34-26(39)20-11-33-25(38)9-21(20)28(30,31)32/h6,8-11,15-17H,7,12-14H2,1-5H3,(H,33,38)(H,34,39)/t16-,17+. The molecule has 222 valence electrons. The largest absolute Gasteiger partial charge is 0.447 e. The molecule has 2 N–H and O–H groups in total. The number of pyridine rings is 1. The van der Waals surface area contributed by atoms with Gasteiger partial charge in [0.15, 0.2) is 0 Å². The third-order valence-electron chi connectivity index (χ3n) is 7.37. The number of ether oxygens (including phenoxy) is 1. The molecule has 2 aliphatic heterocycles. The number of piperazine rings is 1. The van der Waals surface area contributed by atoms with E-state index in [0.29, 0.717) is 36.6 Å². The Hall–Kier alpha value is -3.87. The Morgan fingerprint density at radius 3 is 2.39 bits per heavy atom. The van der Waals surface area contributed by atoms with Crippen LogP contribution < -0.4 is 15.8 Å². The zero-order valence-corrected chi connectivity index (χ0v) is 23.4. The minimum Gasteiger partial charge on any atom is -0.447 e. The number of anilines is 2. The zero-order chi connectivity index (χ0) is 30.2. The number of carbonyl (C=O) groups excluding carboxylic acids is 2. The Bertz CT molecular complexity index is 1410. The number of rotatable bonds is 5. The molecule has 2 aromatic rings. The van der Waals surface area contributed by atoms with Crippen LogP contribution in [-0.4, -0.2) is 78.2 Å². The van der Waals surface area contributed by atoms with E-state index in [2.05, 4.69) is 15.2 Å². The molecular formula is C28H33F4N5O4. The van der Waals surface area contributed by atoms with Crippen LogP contribution in [0.25, 0.3) is 5.57 Å². The number of halogens is 4. The van der Waals surface area contributed by atoms with Crippen molar-refractivity contribution in [1.82, 2.24) is 14.8 Å². The molecule has 0 saturated carbocycles. The summed E-state index contributed by atoms with van der Waals surface area (Å²) in [4.78, 5) is 44.7. The first kappa shape index (κ1) is 30.1. The molecule has 1 aromatic heterocycles. The van der Waals surface area contributed by atoms with Gasteiger partial charge in [-0.05, 0) is 52.4 Å². The third kappa shape index (κ3) is 6.55. The summed E-state index contributed by atoms with van der Waals surface area (Å²) in [6.45, 7) is 8.61. The summed E-state index contributed by atoms with van der Waals surface area (Å²) in [6.07, 6.45) is -3.48. The molecule has 13 heteroatoms. The number of hydrogen-bond donors (Lipinski definition) is 2. The highest BCUT2D eigenvalue weighted by Gasteiger charge is 2.36. The lowest BCUT2D eigenvalue weighted by molar-refractivity contribution is -0.138. The van der Waals surface area contributed by atoms with E-state index in [1.807, 2.05) is 25.8 Å². The fraction of sp³-hybridized carbons (Fsp3) is 0.464. The molecule has 0 bridgehead atoms. The fourth-order valence-corrected chi connectivity index (χ4v) is 5.02. The zero-order valence-electron chi connectivity index (χ0n) is 23.4. The van der Waals surface area contributed by atoms with E-state index in [4.69, 9.17) is 4.74 Å². The van der Waals surface area contributed by atoms with E-state index in [-0.39, 0.29) is 42.5 Å². The van der Waals surface area contributed by atoms with Crippen LogP contribution in [0.5, 0.6) is 0 Å². The van der Waals surface area contributed by atoms with Crippen LogP contribution in [0.2, 0.25) is 0 Å². The summed E-state index contributed by atoms with van der Waals surface area (Å²) in [5, 5.41) is 2.53. The normalized spacial score (nSPS) is 19.9. The molecule has 1 fully saturated rings. The predicted molar refractivity (Wildman–Crippen MR) is 146 cm³/mol. The van der Waals surface area contributed by atoms with Crippen molar-refractivity contribution in [2.45, 2.75) is 52.1 Å². The molecule has 1 aromatic carbocycles. The summed E-state index contributed by atoms with van der Waals surface area (Å²) < 4.78 is 61.9. The first-order valence-electron chi connectivity index (χ1n) is 13.2. The van der Waals surface area contributed by atoms with Crippen LogP contribution in [0.4, 0.5) is 33.7 Å². The lowest BCUT2D eigenvalue weighted by atomic mass is 10.0. The molecule has 2 atom stereocenters. The van der Waals surface area contributed by atoms with Gasteiger partial charge >= 0.3 is 12.3 Å². The highest BCUT2D eigenvalue weighted by Crippen LogP contribution is 2.37. The molecule has 1 saturated heterocycles. The van der Waals surface area contributed by atoms with Crippen LogP contribution in [0.15, 0.2) is 35.3 Å². The number of carbonyl (C=O) groups is 2. The Morgan fingerprint density at radius 1 is 1.12 bits per heavy atom. The van der Waals surface area contributed by atoms with E-state index in [9.17, 15) is 27.6 Å². The lowest BCUT2D eigenvalue weighted by Crippen LogP contribution is -2.55. The number of nitrogens with zero attached hydrogens (tertiary/aromatic N) is 3. The lowest BCUT2D eigenvalue weighted by Gasteiger charge is -2.44. The molecule has 3 heterocycles. The molecule has 0 unspecified atom stereocenters. The number of benzene rings is 1. The van der Waals surface area contributed by atoms with Gasteiger partial charge < -0.3 is 24.8 Å². The molecule has 41 heavy (non-hydrogen) atoms. The smallest absolute Gasteiger partial charge is 0.417 e. The highest BCUT2D eigenvalue weighted by atomic mass is 19.4. The van der Waals surface area contributed by atoms with E-state index in [1.54, 1.807) is 19.9 Å². The second-order valence-corrected chi connectivity index (χ2v) is 10.7. The molecule has 0 aliphatic carbocycles. The second-order valence-electron chi connectivity index (χ2n) is 10.7. The van der Waals surface area contributed by atoms with Crippen molar-refractivity contribution in [3.8, 4) is 0 Å². The number of alkyl halides is 3. The van der Waals surface area contributed by atoms with Gasteiger partial charge in [0.25, 0.3) is 5.91 Å². The molecular weight excluding hydrogens is 546 g/mol. The van der Waals surface area contributed by atoms with Crippen molar-refractivity contribution in [2.75, 3.05) is 43.4 Å². The minimum absolute atomic E-state index is 0.0515. The minimum atomic E-state index is -4.96. The van der Waals surface area contributed by atoms with E-state index in [1.165, 1.54) is 17.0 Å². The maximum atomic E-state index is 15.7. The maximum absolute atomic E-state index is 15.7. The number of H-pyrrole nitrogens is 1. The van der Waals surface area contributed by atoms with Crippen LogP contribution in [0.1, 0.15) is 49.2 Å². The summed E-state index contributed by atoms with van der Waals surface area (Å²) in [6, 6.07) is 3.09. The van der Waals surface area contributed by atoms with Crippen molar-refractivity contribution in [1.29, 1.82) is 0 Å². The molecule has 0 spiro atoms. The van der Waals surface area contributed by atoms with Crippen molar-refractivity contribution in [3.05, 3.63) is 63.3 Å². The Morgan fingerprint density at radius 2 is 1.78 bits per heavy atom. The van der Waals surface area contributed by atoms with Crippen molar-refractivity contribution in [3.63, 3.8) is 0 Å². The van der Waals surface area contributed by atoms with Gasteiger partial charge in [0.1, 0.15) is 5.82 Å². The summed E-state index contributed by atoms with van der Waals surface area (Å²) >= 11 is 0. The molecule has 2 aliphatic rings. The number of likely N-dealkylation sites (N-methyl/N-ethyl adjacent to an activating group) is 1. The van der Waals surface area contributed by atoms with Gasteiger partial charge in [-0.1, -0.05) is 6.08 Å². The summed E-state index contributed by atoms with van der Waals surface area (Å²) in [7, 11) is 1.97. The monoisotopic (exact) mass is 579 g/mol. The average molecular weight is 580 g/mol. The van der Waals surface area contributed by atoms with Gasteiger partial charge in [-0.2, -0.15) is 13.2 Å². The molecule has 4 rings (SSSR count). The van der Waals surface area contributed by atoms with Gasteiger partial charge in [-0.15, -0.1) is 0 Å². The summed E-state index contributed by atoms with van der Waals surface area (Å²) in [5.74, 6) is -1.73. The van der Waals surface area contributed by atoms with Crippen LogP contribution in [0.3, 0.4) is 0 Å². The summed E-state index contributed by atoms with van der Waals surface area (Å²) in [5.41, 5.74) is -2.22. The predicted octanol–water partition coefficient (Wildman–Crippen LogP) is 4.56. The Labute approximate surface area is 234 Å². The van der Waals surface area contributed by atoms with Gasteiger partial charge in [-0.3, -0.25) is 14.5 Å².